The van der Waals surface area contributed by atoms with E-state index < -0.39 is 43.3 Å². The zero-order chi connectivity index (χ0) is 22.9. The van der Waals surface area contributed by atoms with Crippen molar-refractivity contribution >= 4 is 5.97 Å². The Morgan fingerprint density at radius 1 is 0.806 bits per heavy atom. The molecule has 1 aliphatic rings. The fraction of sp³-hybridized carbons (Fsp3) is 0.875. The third-order valence-electron chi connectivity index (χ3n) is 5.74. The van der Waals surface area contributed by atoms with Crippen molar-refractivity contribution in [3.63, 3.8) is 0 Å². The number of hydrogen-bond donors (Lipinski definition) is 4. The van der Waals surface area contributed by atoms with Crippen LogP contribution in [0.15, 0.2) is 12.2 Å². The highest BCUT2D eigenvalue weighted by Gasteiger charge is 2.45. The maximum atomic E-state index is 11.9. The Morgan fingerprint density at radius 2 is 1.35 bits per heavy atom. The van der Waals surface area contributed by atoms with E-state index in [2.05, 4.69) is 19.1 Å². The molecule has 0 spiro atoms. The second-order valence-electron chi connectivity index (χ2n) is 8.52. The molecule has 0 aromatic carbocycles. The molecule has 0 aromatic rings. The van der Waals surface area contributed by atoms with E-state index in [0.717, 1.165) is 32.1 Å². The summed E-state index contributed by atoms with van der Waals surface area (Å²) in [6.45, 7) is 1.69. The smallest absolute Gasteiger partial charge is 0.308 e. The number of allylic oxidation sites excluding steroid dienone is 2. The van der Waals surface area contributed by atoms with Gasteiger partial charge in [-0.2, -0.15) is 0 Å². The molecule has 182 valence electrons. The minimum absolute atomic E-state index is 0.202. The number of aliphatic hydroxyl groups is 4. The van der Waals surface area contributed by atoms with Crippen LogP contribution in [-0.4, -0.2) is 63.7 Å². The van der Waals surface area contributed by atoms with Crippen molar-refractivity contribution in [1.29, 1.82) is 0 Å². The van der Waals surface area contributed by atoms with Crippen LogP contribution >= 0.6 is 0 Å². The first kappa shape index (κ1) is 28.0. The van der Waals surface area contributed by atoms with Crippen molar-refractivity contribution in [2.45, 2.75) is 128 Å². The predicted octanol–water partition coefficient (Wildman–Crippen LogP) is 3.37. The molecule has 1 heterocycles. The Hall–Kier alpha value is -0.990. The van der Waals surface area contributed by atoms with Crippen molar-refractivity contribution < 1.29 is 34.7 Å². The quantitative estimate of drug-likeness (QED) is 0.154. The van der Waals surface area contributed by atoms with E-state index in [0.29, 0.717) is 6.42 Å². The van der Waals surface area contributed by atoms with Gasteiger partial charge in [0.2, 0.25) is 6.29 Å². The lowest BCUT2D eigenvalue weighted by Crippen LogP contribution is -2.59. The van der Waals surface area contributed by atoms with E-state index in [4.69, 9.17) is 14.6 Å². The van der Waals surface area contributed by atoms with Crippen LogP contribution in [0.4, 0.5) is 0 Å². The van der Waals surface area contributed by atoms with Gasteiger partial charge < -0.3 is 29.9 Å². The normalized spacial score (nSPS) is 26.4. The maximum absolute atomic E-state index is 11.9. The summed E-state index contributed by atoms with van der Waals surface area (Å²) in [6, 6.07) is 0. The van der Waals surface area contributed by atoms with Crippen molar-refractivity contribution in [2.24, 2.45) is 0 Å². The van der Waals surface area contributed by atoms with Crippen molar-refractivity contribution in [1.82, 2.24) is 0 Å². The molecule has 0 aliphatic carbocycles. The van der Waals surface area contributed by atoms with Crippen LogP contribution in [0.25, 0.3) is 0 Å². The van der Waals surface area contributed by atoms with E-state index in [1.807, 2.05) is 0 Å². The van der Waals surface area contributed by atoms with Gasteiger partial charge in [0.1, 0.15) is 24.4 Å². The summed E-state index contributed by atoms with van der Waals surface area (Å²) in [6.07, 6.45) is 13.0. The number of esters is 1. The molecule has 0 bridgehead atoms. The molecule has 1 saturated heterocycles. The molecule has 31 heavy (non-hydrogen) atoms. The molecule has 0 amide bonds. The molecule has 1 rings (SSSR count). The van der Waals surface area contributed by atoms with Gasteiger partial charge in [-0.15, -0.1) is 0 Å². The number of carbonyl (C=O) groups is 1. The third kappa shape index (κ3) is 12.0. The molecule has 0 radical (unpaired) electrons. The number of rotatable bonds is 17. The Labute approximate surface area is 187 Å². The zero-order valence-electron chi connectivity index (χ0n) is 19.2. The van der Waals surface area contributed by atoms with Crippen LogP contribution in [0.5, 0.6) is 0 Å². The summed E-state index contributed by atoms with van der Waals surface area (Å²) in [7, 11) is 0. The Balaban J connectivity index is 1.99. The van der Waals surface area contributed by atoms with Gasteiger partial charge in [0.15, 0.2) is 0 Å². The summed E-state index contributed by atoms with van der Waals surface area (Å²) in [5.41, 5.74) is 0. The number of ether oxygens (including phenoxy) is 2. The first-order valence-corrected chi connectivity index (χ1v) is 12.2. The lowest BCUT2D eigenvalue weighted by molar-refractivity contribution is -0.292. The highest BCUT2D eigenvalue weighted by atomic mass is 16.7. The number of carbonyl (C=O) groups excluding carboxylic acids is 1. The van der Waals surface area contributed by atoms with E-state index >= 15 is 0 Å². The van der Waals surface area contributed by atoms with Gasteiger partial charge in [-0.05, 0) is 32.1 Å². The largest absolute Gasteiger partial charge is 0.433 e. The molecular weight excluding hydrogens is 400 g/mol. The predicted molar refractivity (Wildman–Crippen MR) is 119 cm³/mol. The molecule has 0 saturated carbocycles. The summed E-state index contributed by atoms with van der Waals surface area (Å²) >= 11 is 0. The highest BCUT2D eigenvalue weighted by Crippen LogP contribution is 2.22. The molecular formula is C24H44O7. The van der Waals surface area contributed by atoms with Gasteiger partial charge >= 0.3 is 5.97 Å². The van der Waals surface area contributed by atoms with Crippen LogP contribution in [0.3, 0.4) is 0 Å². The Kier molecular flexibility index (Phi) is 15.9. The zero-order valence-corrected chi connectivity index (χ0v) is 19.2. The topological polar surface area (TPSA) is 116 Å². The Morgan fingerprint density at radius 3 is 1.94 bits per heavy atom. The number of aliphatic hydroxyl groups excluding tert-OH is 4. The summed E-state index contributed by atoms with van der Waals surface area (Å²) in [4.78, 5) is 11.9. The van der Waals surface area contributed by atoms with Gasteiger partial charge in [-0.25, -0.2) is 0 Å². The second-order valence-corrected chi connectivity index (χ2v) is 8.52. The fourth-order valence-corrected chi connectivity index (χ4v) is 3.69. The standard InChI is InChI=1S/C24H44O7/c1-2-3-4-5-6-7-8-9-10-11-12-13-14-15-16-17-20(26)31-24-23(29)22(28)21(27)19(18-25)30-24/h9-10,19,21-25,27-29H,2-8,11-18H2,1H3/t19-,21-,22+,23-,24?/m1/s1. The van der Waals surface area contributed by atoms with Gasteiger partial charge in [-0.1, -0.05) is 70.4 Å². The monoisotopic (exact) mass is 444 g/mol. The van der Waals surface area contributed by atoms with Crippen LogP contribution in [0.1, 0.15) is 96.8 Å². The molecule has 5 atom stereocenters. The van der Waals surface area contributed by atoms with E-state index in [-0.39, 0.29) is 6.42 Å². The molecule has 7 heteroatoms. The van der Waals surface area contributed by atoms with Gasteiger partial charge in [0.05, 0.1) is 6.61 Å². The van der Waals surface area contributed by atoms with Crippen molar-refractivity contribution in [3.8, 4) is 0 Å². The van der Waals surface area contributed by atoms with Gasteiger partial charge in [0.25, 0.3) is 0 Å². The number of unbranched alkanes of at least 4 members (excludes halogenated alkanes) is 11. The molecule has 1 aliphatic heterocycles. The average Bonchev–Trinajstić information content (AvgIpc) is 2.76. The third-order valence-corrected chi connectivity index (χ3v) is 5.74. The summed E-state index contributed by atoms with van der Waals surface area (Å²) in [5, 5.41) is 38.5. The molecule has 0 aromatic heterocycles. The summed E-state index contributed by atoms with van der Waals surface area (Å²) in [5.74, 6) is -0.526. The Bertz CT molecular complexity index is 481. The van der Waals surface area contributed by atoms with Crippen LogP contribution < -0.4 is 0 Å². The molecule has 1 fully saturated rings. The average molecular weight is 445 g/mol. The maximum Gasteiger partial charge on any atom is 0.308 e. The second kappa shape index (κ2) is 17.6. The minimum atomic E-state index is -1.55. The summed E-state index contributed by atoms with van der Waals surface area (Å²) < 4.78 is 10.2. The van der Waals surface area contributed by atoms with Gasteiger partial charge in [-0.3, -0.25) is 4.79 Å². The van der Waals surface area contributed by atoms with E-state index in [1.54, 1.807) is 0 Å². The lowest BCUT2D eigenvalue weighted by atomic mass is 9.99. The van der Waals surface area contributed by atoms with Gasteiger partial charge in [0, 0.05) is 6.42 Å². The first-order valence-electron chi connectivity index (χ1n) is 12.2. The van der Waals surface area contributed by atoms with E-state index in [1.165, 1.54) is 44.9 Å². The van der Waals surface area contributed by atoms with Crippen LogP contribution in [0, 0.1) is 0 Å². The number of hydrogen-bond acceptors (Lipinski definition) is 7. The molecule has 1 unspecified atom stereocenters. The van der Waals surface area contributed by atoms with Crippen LogP contribution in [0.2, 0.25) is 0 Å². The fourth-order valence-electron chi connectivity index (χ4n) is 3.69. The van der Waals surface area contributed by atoms with Crippen molar-refractivity contribution in [3.05, 3.63) is 12.2 Å². The lowest BCUT2D eigenvalue weighted by Gasteiger charge is -2.39. The van der Waals surface area contributed by atoms with Crippen LogP contribution in [-0.2, 0) is 14.3 Å². The minimum Gasteiger partial charge on any atom is -0.433 e. The van der Waals surface area contributed by atoms with E-state index in [9.17, 15) is 20.1 Å². The van der Waals surface area contributed by atoms with Crippen molar-refractivity contribution in [2.75, 3.05) is 6.61 Å². The molecule has 4 N–H and O–H groups in total. The molecule has 7 nitrogen and oxygen atoms in total. The first-order chi connectivity index (χ1) is 15.0. The highest BCUT2D eigenvalue weighted by molar-refractivity contribution is 5.69. The SMILES string of the molecule is CCCCCCCCC=CCCCCCCCC(=O)OC1O[C@H](CO)[C@@H](O)[C@H](O)[C@H]1O.